The Kier molecular flexibility index (Phi) is 6.09. The molecule has 0 aliphatic rings. The van der Waals surface area contributed by atoms with E-state index in [1.807, 2.05) is 6.07 Å². The van der Waals surface area contributed by atoms with E-state index in [0.717, 1.165) is 25.9 Å². The third-order valence-corrected chi connectivity index (χ3v) is 3.76. The molecule has 18 heavy (non-hydrogen) atoms. The quantitative estimate of drug-likeness (QED) is 0.684. The molecule has 0 aliphatic carbocycles. The fourth-order valence-corrected chi connectivity index (χ4v) is 1.98. The lowest BCUT2D eigenvalue weighted by molar-refractivity contribution is 0.113. The second-order valence-electron chi connectivity index (χ2n) is 4.77. The molecule has 4 nitrogen and oxygen atoms in total. The van der Waals surface area contributed by atoms with E-state index in [-0.39, 0.29) is 17.6 Å². The van der Waals surface area contributed by atoms with Crippen molar-refractivity contribution in [2.45, 2.75) is 33.2 Å². The van der Waals surface area contributed by atoms with E-state index >= 15 is 0 Å². The molecule has 2 N–H and O–H groups in total. The fourth-order valence-electron chi connectivity index (χ4n) is 1.98. The Bertz CT molecular complexity index is 389. The SMILES string of the molecule is CCC(CC)(CO)CNCCn1ccccc1=O. The highest BCUT2D eigenvalue weighted by Gasteiger charge is 2.24. The predicted octanol–water partition coefficient (Wildman–Crippen LogP) is 1.24. The maximum absolute atomic E-state index is 11.5. The molecule has 0 saturated heterocycles. The molecule has 0 radical (unpaired) electrons. The Morgan fingerprint density at radius 2 is 2.06 bits per heavy atom. The van der Waals surface area contributed by atoms with Crippen LogP contribution in [0.15, 0.2) is 29.2 Å². The van der Waals surface area contributed by atoms with Crippen molar-refractivity contribution in [3.8, 4) is 0 Å². The maximum Gasteiger partial charge on any atom is 0.250 e. The molecule has 1 rings (SSSR count). The van der Waals surface area contributed by atoms with Crippen LogP contribution in [0, 0.1) is 5.41 Å². The number of pyridine rings is 1. The summed E-state index contributed by atoms with van der Waals surface area (Å²) in [6, 6.07) is 5.17. The lowest BCUT2D eigenvalue weighted by atomic mass is 9.83. The van der Waals surface area contributed by atoms with Crippen LogP contribution in [-0.4, -0.2) is 29.4 Å². The van der Waals surface area contributed by atoms with Gasteiger partial charge in [0.1, 0.15) is 0 Å². The molecule has 4 heteroatoms. The van der Waals surface area contributed by atoms with Crippen LogP contribution < -0.4 is 10.9 Å². The van der Waals surface area contributed by atoms with E-state index in [1.165, 1.54) is 0 Å². The van der Waals surface area contributed by atoms with Crippen molar-refractivity contribution in [2.75, 3.05) is 19.7 Å². The van der Waals surface area contributed by atoms with Crippen molar-refractivity contribution < 1.29 is 5.11 Å². The highest BCUT2D eigenvalue weighted by Crippen LogP contribution is 2.24. The number of hydrogen-bond acceptors (Lipinski definition) is 3. The summed E-state index contributed by atoms with van der Waals surface area (Å²) in [6.45, 7) is 6.60. The Hall–Kier alpha value is -1.13. The average molecular weight is 252 g/mol. The van der Waals surface area contributed by atoms with Crippen LogP contribution in [-0.2, 0) is 6.54 Å². The molecule has 102 valence electrons. The molecule has 1 aromatic rings. The van der Waals surface area contributed by atoms with Gasteiger partial charge < -0.3 is 15.0 Å². The van der Waals surface area contributed by atoms with Gasteiger partial charge in [-0.1, -0.05) is 19.9 Å². The molecule has 0 atom stereocenters. The number of nitrogens with zero attached hydrogens (tertiary/aromatic N) is 1. The second-order valence-corrected chi connectivity index (χ2v) is 4.77. The van der Waals surface area contributed by atoms with Crippen molar-refractivity contribution in [2.24, 2.45) is 5.41 Å². The fraction of sp³-hybridized carbons (Fsp3) is 0.643. The van der Waals surface area contributed by atoms with Gasteiger partial charge in [0.15, 0.2) is 0 Å². The summed E-state index contributed by atoms with van der Waals surface area (Å²) in [6.07, 6.45) is 3.71. The minimum absolute atomic E-state index is 0.0261. The molecule has 0 saturated carbocycles. The van der Waals surface area contributed by atoms with Gasteiger partial charge in [-0.05, 0) is 18.9 Å². The minimum atomic E-state index is -0.0261. The molecular formula is C14H24N2O2. The number of aromatic nitrogens is 1. The lowest BCUT2D eigenvalue weighted by Crippen LogP contribution is -2.38. The van der Waals surface area contributed by atoms with Gasteiger partial charge in [0, 0.05) is 43.9 Å². The third kappa shape index (κ3) is 3.96. The molecule has 0 aromatic carbocycles. The van der Waals surface area contributed by atoms with Gasteiger partial charge in [0.2, 0.25) is 0 Å². The standard InChI is InChI=1S/C14H24N2O2/c1-3-14(4-2,12-17)11-15-8-10-16-9-6-5-7-13(16)18/h5-7,9,15,17H,3-4,8,10-12H2,1-2H3. The zero-order chi connectivity index (χ0) is 13.4. The molecule has 0 spiro atoms. The van der Waals surface area contributed by atoms with E-state index in [1.54, 1.807) is 22.9 Å². The topological polar surface area (TPSA) is 54.3 Å². The van der Waals surface area contributed by atoms with Crippen LogP contribution in [0.3, 0.4) is 0 Å². The lowest BCUT2D eigenvalue weighted by Gasteiger charge is -2.29. The van der Waals surface area contributed by atoms with Crippen molar-refractivity contribution in [3.63, 3.8) is 0 Å². The summed E-state index contributed by atoms with van der Waals surface area (Å²) >= 11 is 0. The first-order valence-corrected chi connectivity index (χ1v) is 6.64. The Morgan fingerprint density at radius 3 is 2.61 bits per heavy atom. The molecule has 0 unspecified atom stereocenters. The molecule has 0 bridgehead atoms. The summed E-state index contributed by atoms with van der Waals surface area (Å²) in [4.78, 5) is 11.5. The normalized spacial score (nSPS) is 11.7. The number of rotatable bonds is 8. The molecule has 1 aromatic heterocycles. The number of hydrogen-bond donors (Lipinski definition) is 2. The molecule has 0 amide bonds. The van der Waals surface area contributed by atoms with Crippen LogP contribution in [0.25, 0.3) is 0 Å². The highest BCUT2D eigenvalue weighted by molar-refractivity contribution is 4.93. The molecule has 0 aliphatic heterocycles. The smallest absolute Gasteiger partial charge is 0.250 e. The van der Waals surface area contributed by atoms with Crippen LogP contribution in [0.4, 0.5) is 0 Å². The van der Waals surface area contributed by atoms with Crippen molar-refractivity contribution in [1.29, 1.82) is 0 Å². The number of aliphatic hydroxyl groups is 1. The summed E-state index contributed by atoms with van der Waals surface area (Å²) in [5.41, 5.74) is 0.000437. The van der Waals surface area contributed by atoms with Crippen LogP contribution in [0.1, 0.15) is 26.7 Å². The van der Waals surface area contributed by atoms with E-state index < -0.39 is 0 Å². The summed E-state index contributed by atoms with van der Waals surface area (Å²) in [7, 11) is 0. The molecule has 1 heterocycles. The first-order chi connectivity index (χ1) is 8.67. The van der Waals surface area contributed by atoms with Gasteiger partial charge in [-0.15, -0.1) is 0 Å². The van der Waals surface area contributed by atoms with Gasteiger partial charge in [0.25, 0.3) is 5.56 Å². The second kappa shape index (κ2) is 7.34. The van der Waals surface area contributed by atoms with Gasteiger partial charge in [-0.25, -0.2) is 0 Å². The monoisotopic (exact) mass is 252 g/mol. The number of aliphatic hydroxyl groups excluding tert-OH is 1. The Labute approximate surface area is 109 Å². The number of nitrogens with one attached hydrogen (secondary N) is 1. The van der Waals surface area contributed by atoms with Crippen LogP contribution >= 0.6 is 0 Å². The summed E-state index contributed by atoms with van der Waals surface area (Å²) in [5, 5.41) is 12.8. The molecular weight excluding hydrogens is 228 g/mol. The van der Waals surface area contributed by atoms with E-state index in [2.05, 4.69) is 19.2 Å². The minimum Gasteiger partial charge on any atom is -0.396 e. The largest absolute Gasteiger partial charge is 0.396 e. The van der Waals surface area contributed by atoms with E-state index in [0.29, 0.717) is 6.54 Å². The van der Waals surface area contributed by atoms with Crippen molar-refractivity contribution in [3.05, 3.63) is 34.7 Å². The first-order valence-electron chi connectivity index (χ1n) is 6.64. The van der Waals surface area contributed by atoms with Gasteiger partial charge in [-0.3, -0.25) is 4.79 Å². The summed E-state index contributed by atoms with van der Waals surface area (Å²) in [5.74, 6) is 0. The zero-order valence-corrected chi connectivity index (χ0v) is 11.4. The maximum atomic E-state index is 11.5. The predicted molar refractivity (Wildman–Crippen MR) is 73.7 cm³/mol. The zero-order valence-electron chi connectivity index (χ0n) is 11.4. The van der Waals surface area contributed by atoms with Crippen molar-refractivity contribution in [1.82, 2.24) is 9.88 Å². The van der Waals surface area contributed by atoms with E-state index in [9.17, 15) is 9.90 Å². The summed E-state index contributed by atoms with van der Waals surface area (Å²) < 4.78 is 1.69. The average Bonchev–Trinajstić information content (AvgIpc) is 2.42. The van der Waals surface area contributed by atoms with E-state index in [4.69, 9.17) is 0 Å². The van der Waals surface area contributed by atoms with Crippen LogP contribution in [0.5, 0.6) is 0 Å². The van der Waals surface area contributed by atoms with Gasteiger partial charge in [-0.2, -0.15) is 0 Å². The van der Waals surface area contributed by atoms with Crippen molar-refractivity contribution >= 4 is 0 Å². The van der Waals surface area contributed by atoms with Gasteiger partial charge in [0.05, 0.1) is 0 Å². The van der Waals surface area contributed by atoms with Gasteiger partial charge >= 0.3 is 0 Å². The Balaban J connectivity index is 2.39. The third-order valence-electron chi connectivity index (χ3n) is 3.76. The molecule has 0 fully saturated rings. The Morgan fingerprint density at radius 1 is 1.33 bits per heavy atom. The van der Waals surface area contributed by atoms with Crippen LogP contribution in [0.2, 0.25) is 0 Å². The highest BCUT2D eigenvalue weighted by atomic mass is 16.3. The first kappa shape index (κ1) is 14.9.